The predicted octanol–water partition coefficient (Wildman–Crippen LogP) is 6.13. The zero-order valence-corrected chi connectivity index (χ0v) is 15.6. The minimum absolute atomic E-state index is 0.123. The topological polar surface area (TPSA) is 12.0 Å². The van der Waals surface area contributed by atoms with Crippen LogP contribution in [0.25, 0.3) is 0 Å². The summed E-state index contributed by atoms with van der Waals surface area (Å²) in [5, 5.41) is 3.63. The van der Waals surface area contributed by atoms with E-state index in [0.717, 1.165) is 32.1 Å². The molecule has 0 aromatic rings. The van der Waals surface area contributed by atoms with Gasteiger partial charge in [-0.05, 0) is 56.9 Å². The monoisotopic (exact) mass is 311 g/mol. The highest BCUT2D eigenvalue weighted by atomic mass is 14.9. The van der Waals surface area contributed by atoms with Crippen molar-refractivity contribution in [3.8, 4) is 12.3 Å². The maximum absolute atomic E-state index is 5.63. The van der Waals surface area contributed by atoms with Crippen molar-refractivity contribution in [2.45, 2.75) is 66.7 Å². The van der Waals surface area contributed by atoms with E-state index in [4.69, 9.17) is 6.42 Å². The Kier molecular flexibility index (Phi) is 7.43. The average molecular weight is 312 g/mol. The third-order valence-electron chi connectivity index (χ3n) is 4.56. The molecule has 0 bridgehead atoms. The van der Waals surface area contributed by atoms with Crippen LogP contribution in [-0.2, 0) is 0 Å². The van der Waals surface area contributed by atoms with Crippen LogP contribution in [0.4, 0.5) is 0 Å². The van der Waals surface area contributed by atoms with Gasteiger partial charge in [-0.2, -0.15) is 0 Å². The minimum atomic E-state index is 0.123. The Labute approximate surface area is 143 Å². The molecule has 23 heavy (non-hydrogen) atoms. The normalized spacial score (nSPS) is 17.0. The third kappa shape index (κ3) is 6.53. The second-order valence-electron chi connectivity index (χ2n) is 7.51. The Morgan fingerprint density at radius 1 is 1.43 bits per heavy atom. The Balaban J connectivity index is 2.94. The molecule has 126 valence electrons. The van der Waals surface area contributed by atoms with Gasteiger partial charge in [0.15, 0.2) is 0 Å². The van der Waals surface area contributed by atoms with Gasteiger partial charge in [0.25, 0.3) is 0 Å². The molecule has 1 heteroatoms. The van der Waals surface area contributed by atoms with Crippen molar-refractivity contribution >= 4 is 0 Å². The Morgan fingerprint density at radius 3 is 2.61 bits per heavy atom. The van der Waals surface area contributed by atoms with Gasteiger partial charge in [0.05, 0.1) is 0 Å². The van der Waals surface area contributed by atoms with E-state index in [1.54, 1.807) is 0 Å². The first-order valence-electron chi connectivity index (χ1n) is 8.70. The third-order valence-corrected chi connectivity index (χ3v) is 4.56. The first kappa shape index (κ1) is 19.4. The molecule has 0 aromatic carbocycles. The van der Waals surface area contributed by atoms with Crippen LogP contribution in [-0.4, -0.2) is 0 Å². The van der Waals surface area contributed by atoms with Crippen LogP contribution in [0.2, 0.25) is 0 Å². The molecular weight excluding hydrogens is 278 g/mol. The van der Waals surface area contributed by atoms with Gasteiger partial charge in [-0.1, -0.05) is 44.1 Å². The zero-order valence-electron chi connectivity index (χ0n) is 15.6. The lowest BCUT2D eigenvalue weighted by atomic mass is 9.72. The highest BCUT2D eigenvalue weighted by Crippen LogP contribution is 2.37. The fourth-order valence-electron chi connectivity index (χ4n) is 3.14. The van der Waals surface area contributed by atoms with Crippen molar-refractivity contribution in [1.82, 2.24) is 5.32 Å². The van der Waals surface area contributed by atoms with Gasteiger partial charge < -0.3 is 5.32 Å². The van der Waals surface area contributed by atoms with Crippen LogP contribution in [0.3, 0.4) is 0 Å². The van der Waals surface area contributed by atoms with Crippen molar-refractivity contribution < 1.29 is 0 Å². The van der Waals surface area contributed by atoms with E-state index in [0.29, 0.717) is 5.92 Å². The molecule has 0 saturated heterocycles. The Hall–Kier alpha value is -1.68. The Bertz CT molecular complexity index is 549. The summed E-state index contributed by atoms with van der Waals surface area (Å²) >= 11 is 0. The fraction of sp³-hybridized carbons (Fsp3) is 0.545. The van der Waals surface area contributed by atoms with Gasteiger partial charge in [0, 0.05) is 17.8 Å². The first-order valence-corrected chi connectivity index (χ1v) is 8.70. The molecule has 1 rings (SSSR count). The van der Waals surface area contributed by atoms with Crippen molar-refractivity contribution in [2.24, 2.45) is 11.3 Å². The van der Waals surface area contributed by atoms with Crippen molar-refractivity contribution in [1.29, 1.82) is 0 Å². The molecule has 1 N–H and O–H groups in total. The molecule has 0 saturated carbocycles. The number of hydrogen-bond donors (Lipinski definition) is 1. The van der Waals surface area contributed by atoms with Crippen molar-refractivity contribution in [3.63, 3.8) is 0 Å². The van der Waals surface area contributed by atoms with Gasteiger partial charge in [-0.3, -0.25) is 0 Å². The molecule has 0 heterocycles. The van der Waals surface area contributed by atoms with Crippen LogP contribution >= 0.6 is 0 Å². The first-order chi connectivity index (χ1) is 10.8. The summed E-state index contributed by atoms with van der Waals surface area (Å²) < 4.78 is 0. The molecule has 0 radical (unpaired) electrons. The van der Waals surface area contributed by atoms with Crippen LogP contribution in [0.15, 0.2) is 47.3 Å². The molecule has 1 nitrogen and oxygen atoms in total. The van der Waals surface area contributed by atoms with Gasteiger partial charge in [-0.15, -0.1) is 18.9 Å². The lowest BCUT2D eigenvalue weighted by Crippen LogP contribution is -2.25. The number of nitrogens with one attached hydrogen (secondary N) is 1. The molecule has 1 atom stereocenters. The summed E-state index contributed by atoms with van der Waals surface area (Å²) in [6.45, 7) is 15.1. The maximum Gasteiger partial charge on any atom is 0.0155 e. The average Bonchev–Trinajstić information content (AvgIpc) is 2.46. The largest absolute Gasteiger partial charge is 0.363 e. The van der Waals surface area contributed by atoms with E-state index >= 15 is 0 Å². The van der Waals surface area contributed by atoms with Crippen LogP contribution in [0.1, 0.15) is 66.7 Å². The summed E-state index contributed by atoms with van der Waals surface area (Å²) in [7, 11) is 0. The van der Waals surface area contributed by atoms with E-state index in [1.165, 1.54) is 22.5 Å². The smallest absolute Gasteiger partial charge is 0.0155 e. The lowest BCUT2D eigenvalue weighted by Gasteiger charge is -2.33. The van der Waals surface area contributed by atoms with Crippen LogP contribution in [0.5, 0.6) is 0 Å². The van der Waals surface area contributed by atoms with Crippen LogP contribution < -0.4 is 5.32 Å². The fourth-order valence-corrected chi connectivity index (χ4v) is 3.14. The highest BCUT2D eigenvalue weighted by molar-refractivity contribution is 5.25. The van der Waals surface area contributed by atoms with Crippen molar-refractivity contribution in [3.05, 3.63) is 47.3 Å². The lowest BCUT2D eigenvalue weighted by molar-refractivity contribution is 0.259. The summed E-state index contributed by atoms with van der Waals surface area (Å²) in [5.74, 6) is 3.21. The zero-order chi connectivity index (χ0) is 17.5. The van der Waals surface area contributed by atoms with Gasteiger partial charge >= 0.3 is 0 Å². The van der Waals surface area contributed by atoms with E-state index in [2.05, 4.69) is 70.7 Å². The predicted molar refractivity (Wildman–Crippen MR) is 103 cm³/mol. The van der Waals surface area contributed by atoms with E-state index in [-0.39, 0.29) is 5.41 Å². The molecule has 1 aliphatic carbocycles. The molecule has 0 spiro atoms. The van der Waals surface area contributed by atoms with Gasteiger partial charge in [0.2, 0.25) is 0 Å². The summed E-state index contributed by atoms with van der Waals surface area (Å²) in [5.41, 5.74) is 5.37. The van der Waals surface area contributed by atoms with Gasteiger partial charge in [-0.25, -0.2) is 0 Å². The summed E-state index contributed by atoms with van der Waals surface area (Å²) in [6.07, 6.45) is 17.4. The number of allylic oxidation sites excluding steroid dienone is 7. The van der Waals surface area contributed by atoms with E-state index < -0.39 is 0 Å². The molecular formula is C22H33N. The standard InChI is InChI=1S/C22H33N/c1-8-10-19(22(6,7)16-17(3)4)15-20(9-2)23-21-13-11-18(5)12-14-21/h1,11,13,15,19,23H,3,9-10,12,14,16H2,2,4-7H3/b20-15+. The molecule has 1 unspecified atom stereocenters. The van der Waals surface area contributed by atoms with Crippen molar-refractivity contribution in [2.75, 3.05) is 0 Å². The minimum Gasteiger partial charge on any atom is -0.363 e. The quantitative estimate of drug-likeness (QED) is 0.420. The Morgan fingerprint density at radius 2 is 2.13 bits per heavy atom. The SMILES string of the molecule is C#CCC(/C=C(\CC)NC1=CC=C(C)CC1)C(C)(C)CC(=C)C. The summed E-state index contributed by atoms with van der Waals surface area (Å²) in [6, 6.07) is 0. The van der Waals surface area contributed by atoms with Gasteiger partial charge in [0.1, 0.15) is 0 Å². The number of hydrogen-bond acceptors (Lipinski definition) is 1. The number of terminal acetylenes is 1. The summed E-state index contributed by atoms with van der Waals surface area (Å²) in [4.78, 5) is 0. The maximum atomic E-state index is 5.63. The second-order valence-corrected chi connectivity index (χ2v) is 7.51. The van der Waals surface area contributed by atoms with Crippen LogP contribution in [0, 0.1) is 23.7 Å². The molecule has 1 aliphatic rings. The molecule has 0 amide bonds. The van der Waals surface area contributed by atoms with E-state index in [1.807, 2.05) is 0 Å². The molecule has 0 aromatic heterocycles. The van der Waals surface area contributed by atoms with E-state index in [9.17, 15) is 0 Å². The number of rotatable bonds is 8. The molecule has 0 fully saturated rings. The molecule has 0 aliphatic heterocycles. The second kappa shape index (κ2) is 8.82. The highest BCUT2D eigenvalue weighted by Gasteiger charge is 2.27.